The summed E-state index contributed by atoms with van der Waals surface area (Å²) in [5, 5.41) is 1.63. The average Bonchev–Trinajstić information content (AvgIpc) is 2.78. The summed E-state index contributed by atoms with van der Waals surface area (Å²) < 4.78 is 34.2. The number of anilines is 1. The highest BCUT2D eigenvalue weighted by Gasteiger charge is 2.14. The van der Waals surface area contributed by atoms with Gasteiger partial charge in [-0.25, -0.2) is 4.98 Å². The van der Waals surface area contributed by atoms with Crippen molar-refractivity contribution < 1.29 is 23.2 Å². The molecule has 0 amide bonds. The van der Waals surface area contributed by atoms with Gasteiger partial charge in [-0.05, 0) is 31.6 Å². The molecule has 164 valence electrons. The minimum atomic E-state index is -1.26. The maximum atomic E-state index is 12.7. The van der Waals surface area contributed by atoms with Crippen LogP contribution in [0.15, 0.2) is 29.8 Å². The molecule has 1 aromatic carbocycles. The van der Waals surface area contributed by atoms with Gasteiger partial charge in [-0.2, -0.15) is 0 Å². The summed E-state index contributed by atoms with van der Waals surface area (Å²) >= 11 is 0. The number of hydrogen-bond donors (Lipinski definition) is 0. The predicted molar refractivity (Wildman–Crippen MR) is 121 cm³/mol. The van der Waals surface area contributed by atoms with Gasteiger partial charge >= 0.3 is 0 Å². The first-order valence-corrected chi connectivity index (χ1v) is 11.0. The van der Waals surface area contributed by atoms with Gasteiger partial charge < -0.3 is 23.8 Å². The van der Waals surface area contributed by atoms with Gasteiger partial charge in [-0.3, -0.25) is 4.21 Å². The Morgan fingerprint density at radius 3 is 2.10 bits per heavy atom. The molecule has 7 nitrogen and oxygen atoms in total. The molecule has 0 fully saturated rings. The largest absolute Gasteiger partial charge is 0.496 e. The number of ether oxygens (including phenoxy) is 4. The lowest BCUT2D eigenvalue weighted by Gasteiger charge is -2.23. The quantitative estimate of drug-likeness (QED) is 0.531. The number of aromatic nitrogens is 1. The molecule has 0 bridgehead atoms. The molecular formula is C22H30N2O5S. The zero-order chi connectivity index (χ0) is 22.1. The van der Waals surface area contributed by atoms with E-state index in [1.54, 1.807) is 58.3 Å². The van der Waals surface area contributed by atoms with Gasteiger partial charge in [0.05, 0.1) is 50.6 Å². The van der Waals surface area contributed by atoms with E-state index in [4.69, 9.17) is 18.9 Å². The summed E-state index contributed by atoms with van der Waals surface area (Å²) in [7, 11) is 5.06. The fraction of sp³-hybridized carbons (Fsp3) is 0.409. The molecular weight excluding hydrogens is 404 g/mol. The van der Waals surface area contributed by atoms with Crippen molar-refractivity contribution in [2.75, 3.05) is 46.4 Å². The molecule has 1 aromatic heterocycles. The second kappa shape index (κ2) is 11.4. The molecule has 30 heavy (non-hydrogen) atoms. The molecule has 0 aliphatic heterocycles. The number of methoxy groups -OCH3 is 4. The Balaban J connectivity index is 2.26. The van der Waals surface area contributed by atoms with Crippen molar-refractivity contribution in [3.05, 3.63) is 40.9 Å². The molecule has 1 unspecified atom stereocenters. The van der Waals surface area contributed by atoms with Crippen LogP contribution in [0.2, 0.25) is 0 Å². The molecule has 2 rings (SSSR count). The monoisotopic (exact) mass is 434 g/mol. The van der Waals surface area contributed by atoms with E-state index in [2.05, 4.69) is 23.7 Å². The van der Waals surface area contributed by atoms with Crippen molar-refractivity contribution in [3.8, 4) is 23.1 Å². The smallest absolute Gasteiger partial charge is 0.237 e. The van der Waals surface area contributed by atoms with Crippen LogP contribution in [0.1, 0.15) is 25.0 Å². The van der Waals surface area contributed by atoms with E-state index in [0.717, 1.165) is 24.3 Å². The van der Waals surface area contributed by atoms with Crippen molar-refractivity contribution in [2.45, 2.75) is 19.6 Å². The zero-order valence-corrected chi connectivity index (χ0v) is 19.2. The Kier molecular flexibility index (Phi) is 8.98. The second-order valence-corrected chi connectivity index (χ2v) is 7.64. The highest BCUT2D eigenvalue weighted by Crippen LogP contribution is 2.35. The number of nitrogens with zero attached hydrogens (tertiary/aromatic N) is 2. The van der Waals surface area contributed by atoms with Crippen LogP contribution >= 0.6 is 0 Å². The van der Waals surface area contributed by atoms with Crippen LogP contribution in [0.3, 0.4) is 0 Å². The van der Waals surface area contributed by atoms with Gasteiger partial charge in [-0.15, -0.1) is 0 Å². The first-order chi connectivity index (χ1) is 14.5. The Bertz CT molecular complexity index is 872. The van der Waals surface area contributed by atoms with Crippen molar-refractivity contribution in [1.29, 1.82) is 0 Å². The number of benzene rings is 1. The van der Waals surface area contributed by atoms with Crippen LogP contribution in [0.5, 0.6) is 23.1 Å². The van der Waals surface area contributed by atoms with E-state index in [9.17, 15) is 4.21 Å². The van der Waals surface area contributed by atoms with Crippen LogP contribution in [0.25, 0.3) is 6.08 Å². The van der Waals surface area contributed by atoms with Gasteiger partial charge in [0, 0.05) is 36.8 Å². The molecule has 0 spiro atoms. The molecule has 0 radical (unpaired) electrons. The summed E-state index contributed by atoms with van der Waals surface area (Å²) in [5.41, 5.74) is 2.47. The van der Waals surface area contributed by atoms with Crippen molar-refractivity contribution >= 4 is 22.6 Å². The maximum Gasteiger partial charge on any atom is 0.237 e. The highest BCUT2D eigenvalue weighted by atomic mass is 32.2. The van der Waals surface area contributed by atoms with Crippen LogP contribution in [-0.2, 0) is 16.6 Å². The maximum absolute atomic E-state index is 12.7. The van der Waals surface area contributed by atoms with Crippen molar-refractivity contribution in [1.82, 2.24) is 4.98 Å². The van der Waals surface area contributed by atoms with Crippen molar-refractivity contribution in [2.24, 2.45) is 0 Å². The lowest BCUT2D eigenvalue weighted by molar-refractivity contribution is 0.374. The minimum Gasteiger partial charge on any atom is -0.496 e. The average molecular weight is 435 g/mol. The summed E-state index contributed by atoms with van der Waals surface area (Å²) in [6.07, 6.45) is 3.45. The molecule has 0 saturated heterocycles. The van der Waals surface area contributed by atoms with Gasteiger partial charge in [0.2, 0.25) is 5.88 Å². The summed E-state index contributed by atoms with van der Waals surface area (Å²) in [4.78, 5) is 6.54. The van der Waals surface area contributed by atoms with Crippen molar-refractivity contribution in [3.63, 3.8) is 0 Å². The molecule has 2 aromatic rings. The third-order valence-electron chi connectivity index (χ3n) is 4.63. The van der Waals surface area contributed by atoms with Crippen LogP contribution in [0.4, 0.5) is 5.69 Å². The Morgan fingerprint density at radius 1 is 0.967 bits per heavy atom. The van der Waals surface area contributed by atoms with E-state index >= 15 is 0 Å². The van der Waals surface area contributed by atoms with E-state index in [-0.39, 0.29) is 0 Å². The number of pyridine rings is 1. The summed E-state index contributed by atoms with van der Waals surface area (Å²) in [6, 6.07) is 5.50. The van der Waals surface area contributed by atoms with E-state index in [1.807, 2.05) is 6.07 Å². The van der Waals surface area contributed by atoms with Gasteiger partial charge in [-0.1, -0.05) is 0 Å². The van der Waals surface area contributed by atoms with E-state index in [0.29, 0.717) is 34.4 Å². The Morgan fingerprint density at radius 2 is 1.60 bits per heavy atom. The number of hydrogen-bond acceptors (Lipinski definition) is 7. The Hall–Kier alpha value is -2.74. The van der Waals surface area contributed by atoms with Crippen LogP contribution in [0, 0.1) is 0 Å². The molecule has 1 heterocycles. The van der Waals surface area contributed by atoms with Crippen LogP contribution in [-0.4, -0.2) is 50.7 Å². The van der Waals surface area contributed by atoms with E-state index in [1.165, 1.54) is 0 Å². The fourth-order valence-corrected chi connectivity index (χ4v) is 3.93. The van der Waals surface area contributed by atoms with Crippen LogP contribution < -0.4 is 23.8 Å². The van der Waals surface area contributed by atoms with Gasteiger partial charge in [0.1, 0.15) is 22.9 Å². The highest BCUT2D eigenvalue weighted by molar-refractivity contribution is 7.87. The lowest BCUT2D eigenvalue weighted by Crippen LogP contribution is -2.23. The van der Waals surface area contributed by atoms with Gasteiger partial charge in [0.15, 0.2) is 0 Å². The predicted octanol–water partition coefficient (Wildman–Crippen LogP) is 3.88. The first-order valence-electron chi connectivity index (χ1n) is 9.64. The molecule has 1 atom stereocenters. The summed E-state index contributed by atoms with van der Waals surface area (Å²) in [6.45, 7) is 5.81. The fourth-order valence-electron chi connectivity index (χ4n) is 3.06. The molecule has 0 aliphatic carbocycles. The molecule has 8 heteroatoms. The van der Waals surface area contributed by atoms with Gasteiger partial charge in [0.25, 0.3) is 0 Å². The molecule has 0 N–H and O–H groups in total. The second-order valence-electron chi connectivity index (χ2n) is 6.32. The molecule has 0 aliphatic rings. The number of rotatable bonds is 11. The minimum absolute atomic E-state index is 0.336. The topological polar surface area (TPSA) is 70.1 Å². The third kappa shape index (κ3) is 5.66. The standard InChI is InChI=1S/C22H30N2O5S/c1-7-24(8-2)19-11-16(14-23-22(19)29-6)15-30(25)10-9-18-20(27-4)12-17(26-3)13-21(18)28-5/h9-14H,7-8,15H2,1-6H3/b10-9+. The summed E-state index contributed by atoms with van der Waals surface area (Å²) in [5.74, 6) is 2.68. The lowest BCUT2D eigenvalue weighted by atomic mass is 10.1. The molecule has 0 saturated carbocycles. The first kappa shape index (κ1) is 23.5. The third-order valence-corrected chi connectivity index (χ3v) is 5.69. The SMILES string of the molecule is CCN(CC)c1cc(CS(=O)/C=C/c2c(OC)cc(OC)cc2OC)cnc1OC. The Labute approximate surface area is 181 Å². The normalized spacial score (nSPS) is 11.9. The van der Waals surface area contributed by atoms with E-state index < -0.39 is 10.8 Å². The zero-order valence-electron chi connectivity index (χ0n) is 18.4.